The standard InChI is InChI=1S/C23H21N5O2/c1-4-17(22-27-19-8-6-15(2)11-20(19)30-22)7-5-16(3)12-25-21(29)18-13-26-23-24-9-10-28(23)14-18/h4-11,13-14H,3,12H2,1-2H3,(H,25,29)/b7-5-,17-4+. The zero-order valence-corrected chi connectivity index (χ0v) is 16.8. The van der Waals surface area contributed by atoms with Crippen LogP contribution >= 0.6 is 0 Å². The molecule has 4 rings (SSSR count). The Balaban J connectivity index is 1.39. The van der Waals surface area contributed by atoms with Gasteiger partial charge in [-0.15, -0.1) is 0 Å². The molecule has 3 aromatic heterocycles. The van der Waals surface area contributed by atoms with Gasteiger partial charge in [0, 0.05) is 36.9 Å². The fourth-order valence-corrected chi connectivity index (χ4v) is 2.94. The Labute approximate surface area is 173 Å². The van der Waals surface area contributed by atoms with Crippen LogP contribution in [0.2, 0.25) is 0 Å². The van der Waals surface area contributed by atoms with Crippen molar-refractivity contribution in [3.05, 3.63) is 90.4 Å². The molecular formula is C23H21N5O2. The summed E-state index contributed by atoms with van der Waals surface area (Å²) in [6.07, 6.45) is 12.2. The van der Waals surface area contributed by atoms with Crippen LogP contribution < -0.4 is 5.32 Å². The van der Waals surface area contributed by atoms with Gasteiger partial charge in [0.2, 0.25) is 11.7 Å². The van der Waals surface area contributed by atoms with E-state index in [1.165, 1.54) is 6.20 Å². The number of hydrogen-bond donors (Lipinski definition) is 1. The number of hydrogen-bond acceptors (Lipinski definition) is 5. The fraction of sp³-hybridized carbons (Fsp3) is 0.130. The van der Waals surface area contributed by atoms with Gasteiger partial charge in [-0.1, -0.05) is 24.8 Å². The Hall–Kier alpha value is -4.00. The first kappa shape index (κ1) is 19.3. The van der Waals surface area contributed by atoms with Crippen LogP contribution in [0.4, 0.5) is 0 Å². The molecule has 30 heavy (non-hydrogen) atoms. The number of benzene rings is 1. The summed E-state index contributed by atoms with van der Waals surface area (Å²) in [5.41, 5.74) is 4.73. The monoisotopic (exact) mass is 399 g/mol. The highest BCUT2D eigenvalue weighted by Gasteiger charge is 2.09. The zero-order chi connectivity index (χ0) is 21.1. The normalized spacial score (nSPS) is 12.1. The molecule has 0 saturated heterocycles. The number of allylic oxidation sites excluding steroid dienone is 3. The van der Waals surface area contributed by atoms with Gasteiger partial charge >= 0.3 is 0 Å². The number of oxazole rings is 1. The van der Waals surface area contributed by atoms with Crippen LogP contribution in [0.1, 0.15) is 28.7 Å². The number of aryl methyl sites for hydroxylation is 1. The molecule has 1 amide bonds. The first-order chi connectivity index (χ1) is 14.5. The van der Waals surface area contributed by atoms with Crippen molar-refractivity contribution in [2.75, 3.05) is 6.54 Å². The molecule has 1 aromatic carbocycles. The minimum absolute atomic E-state index is 0.228. The average molecular weight is 399 g/mol. The quantitative estimate of drug-likeness (QED) is 0.493. The summed E-state index contributed by atoms with van der Waals surface area (Å²) in [7, 11) is 0. The number of carbonyl (C=O) groups excluding carboxylic acids is 1. The Kier molecular flexibility index (Phi) is 5.26. The van der Waals surface area contributed by atoms with Crippen LogP contribution in [0, 0.1) is 6.92 Å². The Bertz CT molecular complexity index is 1310. The van der Waals surface area contributed by atoms with E-state index in [-0.39, 0.29) is 5.91 Å². The number of aromatic nitrogens is 4. The summed E-state index contributed by atoms with van der Waals surface area (Å²) in [4.78, 5) is 25.1. The smallest absolute Gasteiger partial charge is 0.254 e. The molecule has 0 unspecified atom stereocenters. The van der Waals surface area contributed by atoms with Crippen molar-refractivity contribution in [3.63, 3.8) is 0 Å². The van der Waals surface area contributed by atoms with Crippen LogP contribution in [-0.4, -0.2) is 31.8 Å². The van der Waals surface area contributed by atoms with Gasteiger partial charge in [0.15, 0.2) is 5.58 Å². The van der Waals surface area contributed by atoms with Crippen molar-refractivity contribution >= 4 is 28.4 Å². The fourth-order valence-electron chi connectivity index (χ4n) is 2.94. The second-order valence-electron chi connectivity index (χ2n) is 6.89. The van der Waals surface area contributed by atoms with Gasteiger partial charge in [-0.25, -0.2) is 15.0 Å². The molecule has 0 spiro atoms. The molecule has 7 heteroatoms. The molecule has 4 aromatic rings. The number of carbonyl (C=O) groups is 1. The molecule has 0 aliphatic heterocycles. The number of nitrogens with one attached hydrogen (secondary N) is 1. The minimum Gasteiger partial charge on any atom is -0.436 e. The van der Waals surface area contributed by atoms with Crippen LogP contribution in [0.25, 0.3) is 22.5 Å². The summed E-state index contributed by atoms with van der Waals surface area (Å²) >= 11 is 0. The van der Waals surface area contributed by atoms with Crippen molar-refractivity contribution < 1.29 is 9.21 Å². The van der Waals surface area contributed by atoms with E-state index < -0.39 is 0 Å². The highest BCUT2D eigenvalue weighted by molar-refractivity contribution is 5.94. The summed E-state index contributed by atoms with van der Waals surface area (Å²) in [5, 5.41) is 2.84. The van der Waals surface area contributed by atoms with Crippen molar-refractivity contribution in [1.82, 2.24) is 24.7 Å². The molecule has 0 saturated carbocycles. The lowest BCUT2D eigenvalue weighted by atomic mass is 10.2. The largest absolute Gasteiger partial charge is 0.436 e. The summed E-state index contributed by atoms with van der Waals surface area (Å²) in [6.45, 7) is 8.25. The molecule has 0 atom stereocenters. The number of nitrogens with zero attached hydrogens (tertiary/aromatic N) is 4. The van der Waals surface area contributed by atoms with Crippen LogP contribution in [0.15, 0.2) is 77.8 Å². The SMILES string of the molecule is C=C(/C=C\C(=C/C)c1nc2ccc(C)cc2o1)CNC(=O)c1cnc2nccn2c1. The van der Waals surface area contributed by atoms with Gasteiger partial charge in [0.05, 0.1) is 5.56 Å². The third kappa shape index (κ3) is 4.05. The lowest BCUT2D eigenvalue weighted by molar-refractivity contribution is 0.0956. The number of imidazole rings is 1. The maximum absolute atomic E-state index is 12.4. The molecule has 0 aliphatic rings. The average Bonchev–Trinajstić information content (AvgIpc) is 3.38. The topological polar surface area (TPSA) is 85.3 Å². The predicted octanol–water partition coefficient (Wildman–Crippen LogP) is 4.12. The van der Waals surface area contributed by atoms with E-state index in [0.29, 0.717) is 23.8 Å². The summed E-state index contributed by atoms with van der Waals surface area (Å²) in [6, 6.07) is 5.91. The van der Waals surface area contributed by atoms with Crippen molar-refractivity contribution in [3.8, 4) is 0 Å². The molecule has 0 radical (unpaired) electrons. The molecule has 150 valence electrons. The minimum atomic E-state index is -0.228. The lowest BCUT2D eigenvalue weighted by Gasteiger charge is -2.05. The summed E-state index contributed by atoms with van der Waals surface area (Å²) in [5.74, 6) is 0.867. The van der Waals surface area contributed by atoms with E-state index >= 15 is 0 Å². The molecule has 7 nitrogen and oxygen atoms in total. The maximum atomic E-state index is 12.4. The Morgan fingerprint density at radius 3 is 3.00 bits per heavy atom. The second-order valence-corrected chi connectivity index (χ2v) is 6.89. The number of amides is 1. The third-order valence-corrected chi connectivity index (χ3v) is 4.58. The number of fused-ring (bicyclic) bond motifs is 2. The van der Waals surface area contributed by atoms with Crippen LogP contribution in [0.5, 0.6) is 0 Å². The van der Waals surface area contributed by atoms with E-state index in [1.807, 2.05) is 50.3 Å². The molecule has 0 fully saturated rings. The van der Waals surface area contributed by atoms with Crippen molar-refractivity contribution in [2.45, 2.75) is 13.8 Å². The summed E-state index contributed by atoms with van der Waals surface area (Å²) < 4.78 is 7.57. The molecule has 1 N–H and O–H groups in total. The van der Waals surface area contributed by atoms with Gasteiger partial charge in [-0.3, -0.25) is 9.20 Å². The predicted molar refractivity (Wildman–Crippen MR) is 116 cm³/mol. The Morgan fingerprint density at radius 1 is 1.30 bits per heavy atom. The third-order valence-electron chi connectivity index (χ3n) is 4.58. The first-order valence-corrected chi connectivity index (χ1v) is 9.50. The lowest BCUT2D eigenvalue weighted by Crippen LogP contribution is -2.25. The molecular weight excluding hydrogens is 378 g/mol. The molecule has 0 bridgehead atoms. The highest BCUT2D eigenvalue weighted by atomic mass is 16.3. The highest BCUT2D eigenvalue weighted by Crippen LogP contribution is 2.23. The van der Waals surface area contributed by atoms with Gasteiger partial charge in [-0.2, -0.15) is 0 Å². The van der Waals surface area contributed by atoms with Gasteiger partial charge in [-0.05, 0) is 43.2 Å². The maximum Gasteiger partial charge on any atom is 0.254 e. The van der Waals surface area contributed by atoms with E-state index in [1.54, 1.807) is 23.0 Å². The van der Waals surface area contributed by atoms with E-state index in [4.69, 9.17) is 4.42 Å². The first-order valence-electron chi connectivity index (χ1n) is 9.50. The van der Waals surface area contributed by atoms with E-state index in [2.05, 4.69) is 26.8 Å². The van der Waals surface area contributed by atoms with Crippen LogP contribution in [0.3, 0.4) is 0 Å². The van der Waals surface area contributed by atoms with E-state index in [9.17, 15) is 4.79 Å². The van der Waals surface area contributed by atoms with Crippen molar-refractivity contribution in [1.29, 1.82) is 0 Å². The van der Waals surface area contributed by atoms with Crippen LogP contribution in [-0.2, 0) is 0 Å². The van der Waals surface area contributed by atoms with Gasteiger partial charge in [0.25, 0.3) is 5.91 Å². The van der Waals surface area contributed by atoms with Gasteiger partial charge in [0.1, 0.15) is 5.52 Å². The van der Waals surface area contributed by atoms with E-state index in [0.717, 1.165) is 27.8 Å². The second kappa shape index (κ2) is 8.16. The number of rotatable bonds is 6. The Morgan fingerprint density at radius 2 is 2.17 bits per heavy atom. The zero-order valence-electron chi connectivity index (χ0n) is 16.8. The molecule has 0 aliphatic carbocycles. The van der Waals surface area contributed by atoms with Gasteiger partial charge < -0.3 is 9.73 Å². The van der Waals surface area contributed by atoms with Crippen molar-refractivity contribution in [2.24, 2.45) is 0 Å². The molecule has 3 heterocycles.